The Balaban J connectivity index is 2.87. The van der Waals surface area contributed by atoms with Gasteiger partial charge in [0, 0.05) is 5.54 Å². The standard InChI is InChI=1S/C13H21N/c1-5-12-7-6-11(8-10(12)2)9-13(3,4)14/h6-8H,5,9,14H2,1-4H3. The lowest BCUT2D eigenvalue weighted by atomic mass is 9.93. The van der Waals surface area contributed by atoms with E-state index in [1.807, 2.05) is 0 Å². The second-order valence-electron chi connectivity index (χ2n) is 4.78. The third-order valence-corrected chi connectivity index (χ3v) is 2.45. The van der Waals surface area contributed by atoms with Crippen LogP contribution in [0.15, 0.2) is 18.2 Å². The van der Waals surface area contributed by atoms with Crippen LogP contribution in [-0.2, 0) is 12.8 Å². The van der Waals surface area contributed by atoms with E-state index >= 15 is 0 Å². The molecule has 0 radical (unpaired) electrons. The number of rotatable bonds is 3. The summed E-state index contributed by atoms with van der Waals surface area (Å²) in [6.07, 6.45) is 2.05. The molecule has 0 aliphatic heterocycles. The molecule has 1 aromatic carbocycles. The number of benzene rings is 1. The van der Waals surface area contributed by atoms with Gasteiger partial charge in [-0.2, -0.15) is 0 Å². The van der Waals surface area contributed by atoms with Gasteiger partial charge in [-0.25, -0.2) is 0 Å². The lowest BCUT2D eigenvalue weighted by Crippen LogP contribution is -2.34. The number of nitrogens with two attached hydrogens (primary N) is 1. The first-order valence-electron chi connectivity index (χ1n) is 5.29. The summed E-state index contributed by atoms with van der Waals surface area (Å²) in [4.78, 5) is 0. The van der Waals surface area contributed by atoms with Gasteiger partial charge in [-0.3, -0.25) is 0 Å². The number of aryl methyl sites for hydroxylation is 2. The first kappa shape index (κ1) is 11.3. The maximum Gasteiger partial charge on any atom is 0.0138 e. The molecule has 0 heterocycles. The zero-order chi connectivity index (χ0) is 10.8. The van der Waals surface area contributed by atoms with Crippen LogP contribution in [0, 0.1) is 6.92 Å². The maximum absolute atomic E-state index is 5.99. The second kappa shape index (κ2) is 4.14. The van der Waals surface area contributed by atoms with Crippen molar-refractivity contribution < 1.29 is 0 Å². The first-order valence-corrected chi connectivity index (χ1v) is 5.29. The van der Waals surface area contributed by atoms with Crippen molar-refractivity contribution in [3.05, 3.63) is 34.9 Å². The van der Waals surface area contributed by atoms with Gasteiger partial charge in [0.25, 0.3) is 0 Å². The molecule has 0 saturated heterocycles. The molecule has 0 atom stereocenters. The Labute approximate surface area is 87.3 Å². The molecule has 0 fully saturated rings. The maximum atomic E-state index is 5.99. The van der Waals surface area contributed by atoms with Crippen LogP contribution in [0.25, 0.3) is 0 Å². The second-order valence-corrected chi connectivity index (χ2v) is 4.78. The summed E-state index contributed by atoms with van der Waals surface area (Å²) >= 11 is 0. The van der Waals surface area contributed by atoms with E-state index in [4.69, 9.17) is 5.73 Å². The minimum absolute atomic E-state index is 0.111. The minimum Gasteiger partial charge on any atom is -0.325 e. The van der Waals surface area contributed by atoms with E-state index in [-0.39, 0.29) is 5.54 Å². The summed E-state index contributed by atoms with van der Waals surface area (Å²) in [5.41, 5.74) is 10.0. The fourth-order valence-electron chi connectivity index (χ4n) is 1.79. The molecule has 0 saturated carbocycles. The van der Waals surface area contributed by atoms with E-state index in [0.717, 1.165) is 12.8 Å². The van der Waals surface area contributed by atoms with E-state index in [1.165, 1.54) is 16.7 Å². The van der Waals surface area contributed by atoms with Gasteiger partial charge < -0.3 is 5.73 Å². The highest BCUT2D eigenvalue weighted by Gasteiger charge is 2.11. The van der Waals surface area contributed by atoms with Crippen LogP contribution in [0.2, 0.25) is 0 Å². The van der Waals surface area contributed by atoms with Crippen LogP contribution in [-0.4, -0.2) is 5.54 Å². The van der Waals surface area contributed by atoms with Gasteiger partial charge in [-0.15, -0.1) is 0 Å². The van der Waals surface area contributed by atoms with Crippen LogP contribution in [0.1, 0.15) is 37.5 Å². The predicted octanol–water partition coefficient (Wildman–Crippen LogP) is 2.84. The number of hydrogen-bond donors (Lipinski definition) is 1. The molecule has 0 spiro atoms. The average Bonchev–Trinajstić information content (AvgIpc) is 2.01. The van der Waals surface area contributed by atoms with E-state index < -0.39 is 0 Å². The van der Waals surface area contributed by atoms with E-state index in [2.05, 4.69) is 45.9 Å². The van der Waals surface area contributed by atoms with Crippen LogP contribution >= 0.6 is 0 Å². The molecule has 14 heavy (non-hydrogen) atoms. The lowest BCUT2D eigenvalue weighted by molar-refractivity contribution is 0.516. The molecule has 0 aliphatic carbocycles. The molecule has 0 unspecified atom stereocenters. The normalized spacial score (nSPS) is 11.8. The van der Waals surface area contributed by atoms with Crippen LogP contribution < -0.4 is 5.73 Å². The summed E-state index contributed by atoms with van der Waals surface area (Å²) in [6, 6.07) is 6.67. The molecule has 78 valence electrons. The zero-order valence-corrected chi connectivity index (χ0v) is 9.72. The van der Waals surface area contributed by atoms with E-state index in [9.17, 15) is 0 Å². The molecule has 0 aromatic heterocycles. The lowest BCUT2D eigenvalue weighted by Gasteiger charge is -2.19. The van der Waals surface area contributed by atoms with Gasteiger partial charge in [0.05, 0.1) is 0 Å². The van der Waals surface area contributed by atoms with Crippen molar-refractivity contribution >= 4 is 0 Å². The Morgan fingerprint density at radius 2 is 1.93 bits per heavy atom. The highest BCUT2D eigenvalue weighted by Crippen LogP contribution is 2.15. The Bertz CT molecular complexity index is 308. The van der Waals surface area contributed by atoms with Gasteiger partial charge in [0.15, 0.2) is 0 Å². The van der Waals surface area contributed by atoms with Crippen molar-refractivity contribution in [3.8, 4) is 0 Å². The third kappa shape index (κ3) is 3.15. The highest BCUT2D eigenvalue weighted by molar-refractivity contribution is 5.31. The predicted molar refractivity (Wildman–Crippen MR) is 62.5 cm³/mol. The van der Waals surface area contributed by atoms with Crippen molar-refractivity contribution in [3.63, 3.8) is 0 Å². The molecule has 1 heteroatoms. The van der Waals surface area contributed by atoms with E-state index in [0.29, 0.717) is 0 Å². The molecule has 2 N–H and O–H groups in total. The Hall–Kier alpha value is -0.820. The topological polar surface area (TPSA) is 26.0 Å². The van der Waals surface area contributed by atoms with Crippen LogP contribution in [0.5, 0.6) is 0 Å². The van der Waals surface area contributed by atoms with Crippen molar-refractivity contribution in [2.45, 2.75) is 46.1 Å². The van der Waals surface area contributed by atoms with Gasteiger partial charge in [0.2, 0.25) is 0 Å². The SMILES string of the molecule is CCc1ccc(CC(C)(C)N)cc1C. The fraction of sp³-hybridized carbons (Fsp3) is 0.538. The summed E-state index contributed by atoms with van der Waals surface area (Å²) in [7, 11) is 0. The molecule has 1 rings (SSSR count). The quantitative estimate of drug-likeness (QED) is 0.781. The largest absolute Gasteiger partial charge is 0.325 e. The van der Waals surface area contributed by atoms with Crippen molar-refractivity contribution in [2.75, 3.05) is 0 Å². The van der Waals surface area contributed by atoms with Gasteiger partial charge in [0.1, 0.15) is 0 Å². The Morgan fingerprint density at radius 3 is 2.36 bits per heavy atom. The summed E-state index contributed by atoms with van der Waals surface area (Å²) in [5, 5.41) is 0. The smallest absolute Gasteiger partial charge is 0.0138 e. The summed E-state index contributed by atoms with van der Waals surface area (Å²) in [5.74, 6) is 0. The van der Waals surface area contributed by atoms with Crippen LogP contribution in [0.3, 0.4) is 0 Å². The molecular formula is C13H21N. The first-order chi connectivity index (χ1) is 6.42. The molecule has 0 amide bonds. The Morgan fingerprint density at radius 1 is 1.29 bits per heavy atom. The summed E-state index contributed by atoms with van der Waals surface area (Å²) in [6.45, 7) is 8.49. The van der Waals surface area contributed by atoms with Gasteiger partial charge >= 0.3 is 0 Å². The highest BCUT2D eigenvalue weighted by atomic mass is 14.7. The Kier molecular flexibility index (Phi) is 3.33. The molecule has 0 bridgehead atoms. The molecule has 1 nitrogen and oxygen atoms in total. The monoisotopic (exact) mass is 191 g/mol. The molecular weight excluding hydrogens is 170 g/mol. The van der Waals surface area contributed by atoms with Gasteiger partial charge in [-0.1, -0.05) is 25.1 Å². The molecule has 1 aromatic rings. The fourth-order valence-corrected chi connectivity index (χ4v) is 1.79. The number of hydrogen-bond acceptors (Lipinski definition) is 1. The zero-order valence-electron chi connectivity index (χ0n) is 9.72. The van der Waals surface area contributed by atoms with Gasteiger partial charge in [-0.05, 0) is 50.3 Å². The van der Waals surface area contributed by atoms with Crippen LogP contribution in [0.4, 0.5) is 0 Å². The minimum atomic E-state index is -0.111. The van der Waals surface area contributed by atoms with Crippen molar-refractivity contribution in [1.82, 2.24) is 0 Å². The van der Waals surface area contributed by atoms with Crippen molar-refractivity contribution in [1.29, 1.82) is 0 Å². The average molecular weight is 191 g/mol. The molecule has 0 aliphatic rings. The van der Waals surface area contributed by atoms with Crippen molar-refractivity contribution in [2.24, 2.45) is 5.73 Å². The van der Waals surface area contributed by atoms with E-state index in [1.54, 1.807) is 0 Å². The third-order valence-electron chi connectivity index (χ3n) is 2.45. The summed E-state index contributed by atoms with van der Waals surface area (Å²) < 4.78 is 0.